The van der Waals surface area contributed by atoms with Gasteiger partial charge in [-0.15, -0.1) is 0 Å². The zero-order chi connectivity index (χ0) is 19.7. The minimum absolute atomic E-state index is 0.127. The number of hydrogen-bond donors (Lipinski definition) is 0. The molecule has 6 heteroatoms. The number of carbonyl (C=O) groups is 1. The van der Waals surface area contributed by atoms with E-state index < -0.39 is 0 Å². The van der Waals surface area contributed by atoms with Gasteiger partial charge >= 0.3 is 0 Å². The number of aromatic nitrogens is 2. The fourth-order valence-corrected chi connectivity index (χ4v) is 4.77. The Hall–Kier alpha value is -2.08. The summed E-state index contributed by atoms with van der Waals surface area (Å²) in [6.07, 6.45) is 8.73. The van der Waals surface area contributed by atoms with Gasteiger partial charge in [0.25, 0.3) is 5.91 Å². The molecule has 1 saturated heterocycles. The van der Waals surface area contributed by atoms with Gasteiger partial charge in [-0.2, -0.15) is 0 Å². The second-order valence-corrected chi connectivity index (χ2v) is 8.65. The van der Waals surface area contributed by atoms with Crippen molar-refractivity contribution >= 4 is 17.4 Å². The molecule has 3 heterocycles. The fraction of sp³-hybridized carbons (Fsp3) is 0.636. The average molecular weight is 384 g/mol. The maximum atomic E-state index is 13.0. The van der Waals surface area contributed by atoms with Gasteiger partial charge in [-0.3, -0.25) is 9.20 Å². The van der Waals surface area contributed by atoms with Crippen LogP contribution in [0.5, 0.6) is 0 Å². The third-order valence-electron chi connectivity index (χ3n) is 6.42. The Balaban J connectivity index is 1.57. The van der Waals surface area contributed by atoms with Gasteiger partial charge in [0, 0.05) is 46.0 Å². The Kier molecular flexibility index (Phi) is 5.58. The number of anilines is 1. The van der Waals surface area contributed by atoms with Crippen LogP contribution >= 0.6 is 0 Å². The highest BCUT2D eigenvalue weighted by molar-refractivity contribution is 5.94. The number of likely N-dealkylation sites (N-methyl/N-ethyl adjacent to an activating group) is 1. The lowest BCUT2D eigenvalue weighted by molar-refractivity contribution is 0.0663. The second-order valence-electron chi connectivity index (χ2n) is 8.65. The molecule has 2 aromatic heterocycles. The summed E-state index contributed by atoms with van der Waals surface area (Å²) in [4.78, 5) is 24.3. The number of rotatable bonds is 4. The molecule has 2 aliphatic rings. The molecule has 1 aliphatic heterocycles. The van der Waals surface area contributed by atoms with E-state index in [1.165, 1.54) is 32.1 Å². The van der Waals surface area contributed by atoms with Crippen LogP contribution in [0.15, 0.2) is 18.3 Å². The summed E-state index contributed by atoms with van der Waals surface area (Å²) < 4.78 is 2.11. The second kappa shape index (κ2) is 8.11. The van der Waals surface area contributed by atoms with Crippen LogP contribution in [-0.2, 0) is 0 Å². The van der Waals surface area contributed by atoms with E-state index in [1.807, 2.05) is 23.2 Å². The average Bonchev–Trinajstić information content (AvgIpc) is 3.03. The van der Waals surface area contributed by atoms with E-state index >= 15 is 0 Å². The summed E-state index contributed by atoms with van der Waals surface area (Å²) >= 11 is 0. The van der Waals surface area contributed by atoms with Crippen molar-refractivity contribution in [3.8, 4) is 0 Å². The molecule has 1 aliphatic carbocycles. The van der Waals surface area contributed by atoms with Crippen LogP contribution in [-0.4, -0.2) is 71.9 Å². The lowest BCUT2D eigenvalue weighted by Crippen LogP contribution is -2.47. The van der Waals surface area contributed by atoms with E-state index in [9.17, 15) is 4.79 Å². The van der Waals surface area contributed by atoms with Crippen molar-refractivity contribution in [2.24, 2.45) is 5.92 Å². The quantitative estimate of drug-likeness (QED) is 0.814. The standard InChI is InChI=1S/C22H33N5O/c1-17-21(25(3)15-18-7-5-4-6-8-18)27-16-19(9-10-20(27)23-17)22(28)26-13-11-24(2)12-14-26/h9-10,16,18H,4-8,11-15H2,1-3H3. The number of hydrogen-bond acceptors (Lipinski definition) is 4. The van der Waals surface area contributed by atoms with Crippen molar-refractivity contribution < 1.29 is 4.79 Å². The molecule has 28 heavy (non-hydrogen) atoms. The van der Waals surface area contributed by atoms with Crippen LogP contribution in [0.1, 0.15) is 48.2 Å². The number of fused-ring (bicyclic) bond motifs is 1. The Morgan fingerprint density at radius 1 is 1.14 bits per heavy atom. The lowest BCUT2D eigenvalue weighted by atomic mass is 9.89. The van der Waals surface area contributed by atoms with Gasteiger partial charge in [-0.05, 0) is 44.9 Å². The van der Waals surface area contributed by atoms with Gasteiger partial charge in [0.1, 0.15) is 11.5 Å². The Bertz CT molecular complexity index is 831. The van der Waals surface area contributed by atoms with Crippen molar-refractivity contribution in [2.75, 3.05) is 51.7 Å². The summed E-state index contributed by atoms with van der Waals surface area (Å²) in [5, 5.41) is 0. The minimum atomic E-state index is 0.127. The molecule has 152 valence electrons. The number of amides is 1. The van der Waals surface area contributed by atoms with Gasteiger partial charge in [0.05, 0.1) is 11.3 Å². The van der Waals surface area contributed by atoms with E-state index in [-0.39, 0.29) is 5.91 Å². The first-order chi connectivity index (χ1) is 13.5. The van der Waals surface area contributed by atoms with Crippen molar-refractivity contribution in [1.29, 1.82) is 0 Å². The van der Waals surface area contributed by atoms with Crippen molar-refractivity contribution in [2.45, 2.75) is 39.0 Å². The highest BCUT2D eigenvalue weighted by atomic mass is 16.2. The normalized spacial score (nSPS) is 19.3. The number of aryl methyl sites for hydroxylation is 1. The summed E-state index contributed by atoms with van der Waals surface area (Å²) in [6.45, 7) is 6.60. The predicted octanol–water partition coefficient (Wildman–Crippen LogP) is 3.05. The maximum absolute atomic E-state index is 13.0. The van der Waals surface area contributed by atoms with Crippen LogP contribution in [0.4, 0.5) is 5.82 Å². The Labute approximate surface area is 168 Å². The topological polar surface area (TPSA) is 44.1 Å². The van der Waals surface area contributed by atoms with Gasteiger partial charge in [-0.25, -0.2) is 4.98 Å². The van der Waals surface area contributed by atoms with E-state index in [2.05, 4.69) is 35.2 Å². The highest BCUT2D eigenvalue weighted by Crippen LogP contribution is 2.28. The molecule has 0 atom stereocenters. The SMILES string of the molecule is Cc1nc2ccc(C(=O)N3CCN(C)CC3)cn2c1N(C)CC1CCCCC1. The van der Waals surface area contributed by atoms with Crippen molar-refractivity contribution in [1.82, 2.24) is 19.2 Å². The Morgan fingerprint density at radius 2 is 1.86 bits per heavy atom. The lowest BCUT2D eigenvalue weighted by Gasteiger charge is -2.32. The Morgan fingerprint density at radius 3 is 2.57 bits per heavy atom. The molecule has 0 N–H and O–H groups in total. The van der Waals surface area contributed by atoms with Gasteiger partial charge in [-0.1, -0.05) is 19.3 Å². The molecule has 0 aromatic carbocycles. The summed E-state index contributed by atoms with van der Waals surface area (Å²) in [5.74, 6) is 2.01. The number of piperazine rings is 1. The van der Waals surface area contributed by atoms with Gasteiger partial charge in [0.2, 0.25) is 0 Å². The van der Waals surface area contributed by atoms with Crippen LogP contribution in [0, 0.1) is 12.8 Å². The number of carbonyl (C=O) groups excluding carboxylic acids is 1. The van der Waals surface area contributed by atoms with Gasteiger partial charge in [0.15, 0.2) is 0 Å². The first-order valence-corrected chi connectivity index (χ1v) is 10.7. The van der Waals surface area contributed by atoms with Crippen molar-refractivity contribution in [3.05, 3.63) is 29.6 Å². The largest absolute Gasteiger partial charge is 0.359 e. The third-order valence-corrected chi connectivity index (χ3v) is 6.42. The number of nitrogens with zero attached hydrogens (tertiary/aromatic N) is 5. The molecular weight excluding hydrogens is 350 g/mol. The zero-order valence-electron chi connectivity index (χ0n) is 17.5. The summed E-state index contributed by atoms with van der Waals surface area (Å²) in [7, 11) is 4.27. The molecule has 0 radical (unpaired) electrons. The highest BCUT2D eigenvalue weighted by Gasteiger charge is 2.23. The molecule has 6 nitrogen and oxygen atoms in total. The molecule has 0 unspecified atom stereocenters. The fourth-order valence-electron chi connectivity index (χ4n) is 4.77. The van der Waals surface area contributed by atoms with Crippen LogP contribution in [0.2, 0.25) is 0 Å². The van der Waals surface area contributed by atoms with E-state index in [0.717, 1.165) is 61.4 Å². The number of pyridine rings is 1. The molecule has 1 saturated carbocycles. The molecule has 2 fully saturated rings. The van der Waals surface area contributed by atoms with Crippen LogP contribution in [0.3, 0.4) is 0 Å². The van der Waals surface area contributed by atoms with Crippen LogP contribution in [0.25, 0.3) is 5.65 Å². The first-order valence-electron chi connectivity index (χ1n) is 10.7. The molecule has 4 rings (SSSR count). The molecular formula is C22H33N5O. The third kappa shape index (κ3) is 3.88. The van der Waals surface area contributed by atoms with E-state index in [1.54, 1.807) is 0 Å². The summed E-state index contributed by atoms with van der Waals surface area (Å²) in [6, 6.07) is 3.90. The first kappa shape index (κ1) is 19.2. The molecule has 0 spiro atoms. The monoisotopic (exact) mass is 383 g/mol. The minimum Gasteiger partial charge on any atom is -0.359 e. The molecule has 1 amide bonds. The summed E-state index contributed by atoms with van der Waals surface area (Å²) in [5.41, 5.74) is 2.70. The smallest absolute Gasteiger partial charge is 0.255 e. The zero-order valence-corrected chi connectivity index (χ0v) is 17.5. The predicted molar refractivity (Wildman–Crippen MR) is 113 cm³/mol. The van der Waals surface area contributed by atoms with E-state index in [0.29, 0.717) is 0 Å². The molecule has 0 bridgehead atoms. The van der Waals surface area contributed by atoms with Crippen LogP contribution < -0.4 is 4.90 Å². The van der Waals surface area contributed by atoms with E-state index in [4.69, 9.17) is 4.98 Å². The van der Waals surface area contributed by atoms with Gasteiger partial charge < -0.3 is 14.7 Å². The number of imidazole rings is 1. The molecule has 2 aromatic rings. The van der Waals surface area contributed by atoms with Crippen molar-refractivity contribution in [3.63, 3.8) is 0 Å². The maximum Gasteiger partial charge on any atom is 0.255 e.